The molecule has 1 heterocycles. The number of carbonyl (C=O) groups is 1. The van der Waals surface area contributed by atoms with Crippen LogP contribution in [0.5, 0.6) is 5.75 Å². The molecule has 0 saturated heterocycles. The van der Waals surface area contributed by atoms with E-state index < -0.39 is 0 Å². The molecule has 0 bridgehead atoms. The summed E-state index contributed by atoms with van der Waals surface area (Å²) < 4.78 is 7.54. The summed E-state index contributed by atoms with van der Waals surface area (Å²) in [5.41, 5.74) is 4.62. The molecular formula is C27H30N4O2. The van der Waals surface area contributed by atoms with Crippen molar-refractivity contribution in [2.45, 2.75) is 18.9 Å². The predicted octanol–water partition coefficient (Wildman–Crippen LogP) is 4.72. The Kier molecular flexibility index (Phi) is 7.05. The fraction of sp³-hybridized carbons (Fsp3) is 0.259. The first kappa shape index (κ1) is 22.6. The van der Waals surface area contributed by atoms with Crippen molar-refractivity contribution < 1.29 is 9.53 Å². The quantitative estimate of drug-likeness (QED) is 0.368. The third kappa shape index (κ3) is 4.91. The average molecular weight is 443 g/mol. The van der Waals surface area contributed by atoms with Gasteiger partial charge < -0.3 is 19.9 Å². The molecule has 0 aliphatic rings. The maximum atomic E-state index is 13.2. The van der Waals surface area contributed by atoms with Crippen LogP contribution in [0.15, 0.2) is 72.8 Å². The number of fused-ring (bicyclic) bond motifs is 1. The van der Waals surface area contributed by atoms with E-state index >= 15 is 0 Å². The molecule has 2 N–H and O–H groups in total. The van der Waals surface area contributed by atoms with Crippen LogP contribution in [-0.2, 0) is 7.05 Å². The highest BCUT2D eigenvalue weighted by Gasteiger charge is 2.22. The van der Waals surface area contributed by atoms with Gasteiger partial charge in [0.2, 0.25) is 0 Å². The molecule has 33 heavy (non-hydrogen) atoms. The number of amides is 1. The normalized spacial score (nSPS) is 12.0. The summed E-state index contributed by atoms with van der Waals surface area (Å²) in [6.45, 7) is 0.866. The van der Waals surface area contributed by atoms with Crippen molar-refractivity contribution in [3.63, 3.8) is 0 Å². The molecule has 4 aromatic rings. The Hall–Kier alpha value is -3.64. The average Bonchev–Trinajstić information content (AvgIpc) is 3.20. The third-order valence-electron chi connectivity index (χ3n) is 5.92. The summed E-state index contributed by atoms with van der Waals surface area (Å²) in [5, 5.41) is 6.40. The number of imidazole rings is 1. The van der Waals surface area contributed by atoms with Crippen LogP contribution in [0.1, 0.15) is 35.1 Å². The lowest BCUT2D eigenvalue weighted by Gasteiger charge is -2.19. The molecule has 170 valence electrons. The summed E-state index contributed by atoms with van der Waals surface area (Å²) in [5.74, 6) is 1.44. The Bertz CT molecular complexity index is 1220. The minimum atomic E-state index is -0.221. The summed E-state index contributed by atoms with van der Waals surface area (Å²) in [7, 11) is 5.56. The van der Waals surface area contributed by atoms with Gasteiger partial charge in [-0.3, -0.25) is 4.79 Å². The maximum absolute atomic E-state index is 13.2. The van der Waals surface area contributed by atoms with Crippen LogP contribution >= 0.6 is 0 Å². The standard InChI is InChI=1S/C27H30N4O2/c1-28-18-8-11-22(26-30-25-23(31(26)2)12-7-13-24(25)33-3)29-27(32)21-16-14-20(15-17-21)19-9-5-4-6-10-19/h4-7,9-10,12-17,22,28H,8,11,18H2,1-3H3,(H,29,32). The number of ether oxygens (including phenoxy) is 1. The summed E-state index contributed by atoms with van der Waals surface area (Å²) in [4.78, 5) is 18.0. The van der Waals surface area contributed by atoms with Gasteiger partial charge in [0.15, 0.2) is 0 Å². The summed E-state index contributed by atoms with van der Waals surface area (Å²) in [6.07, 6.45) is 1.68. The molecular weight excluding hydrogens is 412 g/mol. The maximum Gasteiger partial charge on any atom is 0.251 e. The van der Waals surface area contributed by atoms with Crippen molar-refractivity contribution in [3.8, 4) is 16.9 Å². The number of hydrogen-bond donors (Lipinski definition) is 2. The van der Waals surface area contributed by atoms with E-state index in [9.17, 15) is 4.79 Å². The van der Waals surface area contributed by atoms with E-state index in [4.69, 9.17) is 9.72 Å². The van der Waals surface area contributed by atoms with Crippen LogP contribution in [-0.4, -0.2) is 36.2 Å². The molecule has 3 aromatic carbocycles. The number of hydrogen-bond acceptors (Lipinski definition) is 4. The molecule has 0 aliphatic heterocycles. The van der Waals surface area contributed by atoms with Crippen molar-refractivity contribution in [2.24, 2.45) is 7.05 Å². The Morgan fingerprint density at radius 1 is 1.00 bits per heavy atom. The smallest absolute Gasteiger partial charge is 0.251 e. The Morgan fingerprint density at radius 2 is 1.73 bits per heavy atom. The number of aromatic nitrogens is 2. The van der Waals surface area contributed by atoms with E-state index in [1.807, 2.05) is 79.3 Å². The molecule has 1 unspecified atom stereocenters. The largest absolute Gasteiger partial charge is 0.494 e. The van der Waals surface area contributed by atoms with Gasteiger partial charge in [-0.2, -0.15) is 0 Å². The third-order valence-corrected chi connectivity index (χ3v) is 5.92. The van der Waals surface area contributed by atoms with Crippen molar-refractivity contribution in [3.05, 3.63) is 84.2 Å². The van der Waals surface area contributed by atoms with E-state index in [1.54, 1.807) is 7.11 Å². The van der Waals surface area contributed by atoms with Gasteiger partial charge in [-0.15, -0.1) is 0 Å². The zero-order chi connectivity index (χ0) is 23.2. The minimum Gasteiger partial charge on any atom is -0.494 e. The minimum absolute atomic E-state index is 0.108. The van der Waals surface area contributed by atoms with Crippen molar-refractivity contribution >= 4 is 16.9 Å². The van der Waals surface area contributed by atoms with Gasteiger partial charge in [0.25, 0.3) is 5.91 Å². The Labute approximate surface area is 194 Å². The first-order valence-electron chi connectivity index (χ1n) is 11.2. The van der Waals surface area contributed by atoms with Gasteiger partial charge in [-0.05, 0) is 61.8 Å². The van der Waals surface area contributed by atoms with Crippen molar-refractivity contribution in [1.82, 2.24) is 20.2 Å². The predicted molar refractivity (Wildman–Crippen MR) is 133 cm³/mol. The molecule has 4 rings (SSSR count). The number of nitrogens with one attached hydrogen (secondary N) is 2. The number of carbonyl (C=O) groups excluding carboxylic acids is 1. The first-order valence-corrected chi connectivity index (χ1v) is 11.2. The lowest BCUT2D eigenvalue weighted by atomic mass is 10.0. The van der Waals surface area contributed by atoms with Crippen molar-refractivity contribution in [2.75, 3.05) is 20.7 Å². The number of rotatable bonds is 9. The molecule has 1 atom stereocenters. The van der Waals surface area contributed by atoms with E-state index in [-0.39, 0.29) is 11.9 Å². The highest BCUT2D eigenvalue weighted by molar-refractivity contribution is 5.95. The van der Waals surface area contributed by atoms with Gasteiger partial charge in [-0.1, -0.05) is 48.5 Å². The van der Waals surface area contributed by atoms with E-state index in [1.165, 1.54) is 0 Å². The Balaban J connectivity index is 1.59. The number of aryl methyl sites for hydroxylation is 1. The number of benzene rings is 3. The second kappa shape index (κ2) is 10.3. The lowest BCUT2D eigenvalue weighted by Crippen LogP contribution is -2.31. The molecule has 0 saturated carbocycles. The molecule has 0 aliphatic carbocycles. The van der Waals surface area contributed by atoms with Crippen LogP contribution in [0.25, 0.3) is 22.2 Å². The topological polar surface area (TPSA) is 68.2 Å². The zero-order valence-electron chi connectivity index (χ0n) is 19.3. The fourth-order valence-electron chi connectivity index (χ4n) is 4.12. The van der Waals surface area contributed by atoms with E-state index in [2.05, 4.69) is 22.8 Å². The molecule has 0 radical (unpaired) electrons. The van der Waals surface area contributed by atoms with E-state index in [0.29, 0.717) is 5.56 Å². The SMILES string of the molecule is CNCCCC(NC(=O)c1ccc(-c2ccccc2)cc1)c1nc2c(OC)cccc2n1C. The van der Waals surface area contributed by atoms with Crippen LogP contribution < -0.4 is 15.4 Å². The molecule has 6 heteroatoms. The Morgan fingerprint density at radius 3 is 2.42 bits per heavy atom. The van der Waals surface area contributed by atoms with Gasteiger partial charge in [0.1, 0.15) is 17.1 Å². The van der Waals surface area contributed by atoms with Crippen LogP contribution in [0.3, 0.4) is 0 Å². The van der Waals surface area contributed by atoms with Crippen LogP contribution in [0, 0.1) is 0 Å². The van der Waals surface area contributed by atoms with Crippen LogP contribution in [0.2, 0.25) is 0 Å². The second-order valence-electron chi connectivity index (χ2n) is 8.07. The second-order valence-corrected chi connectivity index (χ2v) is 8.07. The molecule has 1 amide bonds. The molecule has 6 nitrogen and oxygen atoms in total. The fourth-order valence-corrected chi connectivity index (χ4v) is 4.12. The summed E-state index contributed by atoms with van der Waals surface area (Å²) in [6, 6.07) is 23.5. The van der Waals surface area contributed by atoms with Crippen LogP contribution in [0.4, 0.5) is 0 Å². The monoisotopic (exact) mass is 442 g/mol. The van der Waals surface area contributed by atoms with Gasteiger partial charge >= 0.3 is 0 Å². The number of para-hydroxylation sites is 1. The van der Waals surface area contributed by atoms with Gasteiger partial charge in [0.05, 0.1) is 18.7 Å². The zero-order valence-corrected chi connectivity index (χ0v) is 19.3. The molecule has 1 aromatic heterocycles. The van der Waals surface area contributed by atoms with Gasteiger partial charge in [-0.25, -0.2) is 4.98 Å². The number of nitrogens with zero attached hydrogens (tertiary/aromatic N) is 2. The molecule has 0 spiro atoms. The van der Waals surface area contributed by atoms with Crippen molar-refractivity contribution in [1.29, 1.82) is 0 Å². The van der Waals surface area contributed by atoms with Gasteiger partial charge in [0, 0.05) is 12.6 Å². The number of methoxy groups -OCH3 is 1. The highest BCUT2D eigenvalue weighted by atomic mass is 16.5. The summed E-state index contributed by atoms with van der Waals surface area (Å²) >= 11 is 0. The van der Waals surface area contributed by atoms with E-state index in [0.717, 1.165) is 53.1 Å². The first-order chi connectivity index (χ1) is 16.1. The highest BCUT2D eigenvalue weighted by Crippen LogP contribution is 2.29. The lowest BCUT2D eigenvalue weighted by molar-refractivity contribution is 0.0931. The molecule has 0 fully saturated rings.